The highest BCUT2D eigenvalue weighted by Gasteiger charge is 2.37. The summed E-state index contributed by atoms with van der Waals surface area (Å²) in [7, 11) is 1.69. The Bertz CT molecular complexity index is 188. The zero-order valence-electron chi connectivity index (χ0n) is 6.61. The molecule has 0 saturated carbocycles. The lowest BCUT2D eigenvalue weighted by Crippen LogP contribution is -2.34. The van der Waals surface area contributed by atoms with Crippen LogP contribution in [-0.4, -0.2) is 25.9 Å². The molecule has 2 nitrogen and oxygen atoms in total. The third kappa shape index (κ3) is 2.14. The predicted molar refractivity (Wildman–Crippen MR) is 37.6 cm³/mol. The SMILES string of the molecule is CNC1CC=C(C(F)(F)F)OC1. The van der Waals surface area contributed by atoms with Gasteiger partial charge in [-0.3, -0.25) is 0 Å². The van der Waals surface area contributed by atoms with E-state index in [0.29, 0.717) is 6.42 Å². The topological polar surface area (TPSA) is 21.3 Å². The third-order valence-corrected chi connectivity index (χ3v) is 1.72. The van der Waals surface area contributed by atoms with Crippen molar-refractivity contribution in [2.45, 2.75) is 18.6 Å². The van der Waals surface area contributed by atoms with Crippen LogP contribution in [-0.2, 0) is 4.74 Å². The fourth-order valence-corrected chi connectivity index (χ4v) is 0.965. The standard InChI is InChI=1S/C7H10F3NO/c1-11-5-2-3-6(12-4-5)7(8,9)10/h3,5,11H,2,4H2,1H3. The maximum atomic E-state index is 12.0. The van der Waals surface area contributed by atoms with Crippen LogP contribution in [0.2, 0.25) is 0 Å². The third-order valence-electron chi connectivity index (χ3n) is 1.72. The van der Waals surface area contributed by atoms with Crippen LogP contribution in [0.4, 0.5) is 13.2 Å². The minimum Gasteiger partial charge on any atom is -0.487 e. The zero-order chi connectivity index (χ0) is 9.19. The molecule has 12 heavy (non-hydrogen) atoms. The van der Waals surface area contributed by atoms with Crippen molar-refractivity contribution in [1.29, 1.82) is 0 Å². The van der Waals surface area contributed by atoms with Crippen molar-refractivity contribution in [1.82, 2.24) is 5.32 Å². The van der Waals surface area contributed by atoms with Gasteiger partial charge in [0.25, 0.3) is 0 Å². The molecule has 1 aliphatic heterocycles. The lowest BCUT2D eigenvalue weighted by atomic mass is 10.1. The van der Waals surface area contributed by atoms with Crippen LogP contribution in [0.25, 0.3) is 0 Å². The monoisotopic (exact) mass is 181 g/mol. The van der Waals surface area contributed by atoms with E-state index in [1.165, 1.54) is 0 Å². The number of alkyl halides is 3. The van der Waals surface area contributed by atoms with Crippen molar-refractivity contribution < 1.29 is 17.9 Å². The van der Waals surface area contributed by atoms with Gasteiger partial charge in [-0.25, -0.2) is 0 Å². The van der Waals surface area contributed by atoms with E-state index in [-0.39, 0.29) is 12.6 Å². The van der Waals surface area contributed by atoms with Crippen LogP contribution in [0.1, 0.15) is 6.42 Å². The van der Waals surface area contributed by atoms with Crippen molar-refractivity contribution >= 4 is 0 Å². The largest absolute Gasteiger partial charge is 0.487 e. The molecule has 1 unspecified atom stereocenters. The summed E-state index contributed by atoms with van der Waals surface area (Å²) in [5, 5.41) is 2.84. The Hall–Kier alpha value is -0.710. The molecule has 0 saturated heterocycles. The Morgan fingerprint density at radius 3 is 2.58 bits per heavy atom. The molecule has 0 aromatic rings. The molecule has 0 radical (unpaired) electrons. The molecule has 1 N–H and O–H groups in total. The number of hydrogen-bond donors (Lipinski definition) is 1. The van der Waals surface area contributed by atoms with Crippen LogP contribution in [0.5, 0.6) is 0 Å². The van der Waals surface area contributed by atoms with E-state index in [4.69, 9.17) is 0 Å². The van der Waals surface area contributed by atoms with E-state index >= 15 is 0 Å². The van der Waals surface area contributed by atoms with Crippen molar-refractivity contribution in [2.75, 3.05) is 13.7 Å². The summed E-state index contributed by atoms with van der Waals surface area (Å²) in [6, 6.07) is -0.00361. The van der Waals surface area contributed by atoms with Crippen LogP contribution < -0.4 is 5.32 Å². The molecule has 0 fully saturated rings. The smallest absolute Gasteiger partial charge is 0.448 e. The zero-order valence-corrected chi connectivity index (χ0v) is 6.61. The van der Waals surface area contributed by atoms with Gasteiger partial charge < -0.3 is 10.1 Å². The second-order valence-corrected chi connectivity index (χ2v) is 2.60. The highest BCUT2D eigenvalue weighted by Crippen LogP contribution is 2.29. The van der Waals surface area contributed by atoms with E-state index in [0.717, 1.165) is 6.08 Å². The summed E-state index contributed by atoms with van der Waals surface area (Å²) in [4.78, 5) is 0. The van der Waals surface area contributed by atoms with Crippen molar-refractivity contribution in [3.8, 4) is 0 Å². The van der Waals surface area contributed by atoms with Gasteiger partial charge in [-0.05, 0) is 19.5 Å². The summed E-state index contributed by atoms with van der Waals surface area (Å²) >= 11 is 0. The van der Waals surface area contributed by atoms with Gasteiger partial charge in [0.05, 0.1) is 0 Å². The second kappa shape index (κ2) is 3.35. The fraction of sp³-hybridized carbons (Fsp3) is 0.714. The molecular formula is C7H10F3NO. The summed E-state index contributed by atoms with van der Waals surface area (Å²) in [5.74, 6) is -0.867. The summed E-state index contributed by atoms with van der Waals surface area (Å²) in [6.07, 6.45) is -2.89. The van der Waals surface area contributed by atoms with Crippen LogP contribution >= 0.6 is 0 Å². The molecule has 0 aliphatic carbocycles. The first-order valence-electron chi connectivity index (χ1n) is 3.61. The number of hydrogen-bond acceptors (Lipinski definition) is 2. The fourth-order valence-electron chi connectivity index (χ4n) is 0.965. The molecule has 70 valence electrons. The first-order valence-corrected chi connectivity index (χ1v) is 3.61. The van der Waals surface area contributed by atoms with E-state index in [1.54, 1.807) is 7.05 Å². The number of halogens is 3. The molecule has 5 heteroatoms. The van der Waals surface area contributed by atoms with Crippen LogP contribution in [0, 0.1) is 0 Å². The second-order valence-electron chi connectivity index (χ2n) is 2.60. The summed E-state index contributed by atoms with van der Waals surface area (Å²) in [5.41, 5.74) is 0. The van der Waals surface area contributed by atoms with Gasteiger partial charge in [0, 0.05) is 6.04 Å². The molecule has 0 bridgehead atoms. The lowest BCUT2D eigenvalue weighted by Gasteiger charge is -2.23. The normalized spacial score (nSPS) is 24.7. The molecule has 0 amide bonds. The molecule has 0 aromatic heterocycles. The Balaban J connectivity index is 2.56. The summed E-state index contributed by atoms with van der Waals surface area (Å²) in [6.45, 7) is 0.0852. The highest BCUT2D eigenvalue weighted by atomic mass is 19.4. The number of likely N-dealkylation sites (N-methyl/N-ethyl adjacent to an activating group) is 1. The van der Waals surface area contributed by atoms with Gasteiger partial charge in [-0.15, -0.1) is 0 Å². The molecular weight excluding hydrogens is 171 g/mol. The molecule has 1 heterocycles. The maximum Gasteiger partial charge on any atom is 0.448 e. The van der Waals surface area contributed by atoms with Gasteiger partial charge >= 0.3 is 6.18 Å². The van der Waals surface area contributed by atoms with Crippen molar-refractivity contribution in [2.24, 2.45) is 0 Å². The minimum absolute atomic E-state index is 0.00361. The number of rotatable bonds is 1. The van der Waals surface area contributed by atoms with Crippen molar-refractivity contribution in [3.63, 3.8) is 0 Å². The van der Waals surface area contributed by atoms with E-state index in [9.17, 15) is 13.2 Å². The van der Waals surface area contributed by atoms with Crippen molar-refractivity contribution in [3.05, 3.63) is 11.8 Å². The highest BCUT2D eigenvalue weighted by molar-refractivity contribution is 5.05. The molecule has 0 spiro atoms. The predicted octanol–water partition coefficient (Wildman–Crippen LogP) is 1.44. The Morgan fingerprint density at radius 2 is 2.25 bits per heavy atom. The number of ether oxygens (including phenoxy) is 1. The molecule has 1 aliphatic rings. The van der Waals surface area contributed by atoms with Crippen LogP contribution in [0.3, 0.4) is 0 Å². The van der Waals surface area contributed by atoms with Gasteiger partial charge in [0.2, 0.25) is 0 Å². The van der Waals surface area contributed by atoms with E-state index in [2.05, 4.69) is 10.1 Å². The van der Waals surface area contributed by atoms with Gasteiger partial charge in [0.1, 0.15) is 6.61 Å². The number of nitrogens with one attached hydrogen (secondary N) is 1. The average molecular weight is 181 g/mol. The lowest BCUT2D eigenvalue weighted by molar-refractivity contribution is -0.135. The van der Waals surface area contributed by atoms with Crippen LogP contribution in [0.15, 0.2) is 11.8 Å². The minimum atomic E-state index is -4.33. The molecule has 0 aromatic carbocycles. The maximum absolute atomic E-state index is 12.0. The first kappa shape index (κ1) is 9.38. The number of allylic oxidation sites excluding steroid dienone is 1. The molecule has 1 rings (SSSR count). The Labute approximate surface area is 68.4 Å². The average Bonchev–Trinajstić information content (AvgIpc) is 2.03. The van der Waals surface area contributed by atoms with Gasteiger partial charge in [0.15, 0.2) is 5.76 Å². The molecule has 1 atom stereocenters. The van der Waals surface area contributed by atoms with E-state index in [1.807, 2.05) is 0 Å². The quantitative estimate of drug-likeness (QED) is 0.660. The Morgan fingerprint density at radius 1 is 1.58 bits per heavy atom. The van der Waals surface area contributed by atoms with E-state index < -0.39 is 11.9 Å². The Kier molecular flexibility index (Phi) is 2.62. The van der Waals surface area contributed by atoms with Gasteiger partial charge in [-0.2, -0.15) is 13.2 Å². The first-order chi connectivity index (χ1) is 5.54. The summed E-state index contributed by atoms with van der Waals surface area (Å²) < 4.78 is 40.4. The van der Waals surface area contributed by atoms with Gasteiger partial charge in [-0.1, -0.05) is 0 Å².